The molecular weight excluding hydrogens is 230 g/mol. The Morgan fingerprint density at radius 1 is 1.31 bits per heavy atom. The molecule has 2 aromatic rings. The summed E-state index contributed by atoms with van der Waals surface area (Å²) in [5.41, 5.74) is 1.17. The zero-order valence-corrected chi connectivity index (χ0v) is 9.13. The summed E-state index contributed by atoms with van der Waals surface area (Å²) >= 11 is 3.51. The monoisotopic (exact) mass is 239 g/mol. The Bertz CT molecular complexity index is 447. The molecule has 0 amide bonds. The molecule has 1 aromatic heterocycles. The molecular formula is C10H10BrNO. The first-order valence-electron chi connectivity index (χ1n) is 4.01. The van der Waals surface area contributed by atoms with Crippen molar-refractivity contribution in [3.8, 4) is 5.75 Å². The average molecular weight is 240 g/mol. The molecule has 0 aliphatic heterocycles. The first kappa shape index (κ1) is 8.63. The van der Waals surface area contributed by atoms with Crippen molar-refractivity contribution in [2.45, 2.75) is 0 Å². The summed E-state index contributed by atoms with van der Waals surface area (Å²) in [6.45, 7) is 0. The Kier molecular flexibility index (Phi) is 2.04. The highest BCUT2D eigenvalue weighted by Crippen LogP contribution is 2.31. The highest BCUT2D eigenvalue weighted by Gasteiger charge is 2.06. The zero-order valence-electron chi connectivity index (χ0n) is 7.54. The lowest BCUT2D eigenvalue weighted by Gasteiger charge is -2.04. The normalized spacial score (nSPS) is 10.7. The van der Waals surface area contributed by atoms with E-state index in [0.29, 0.717) is 0 Å². The van der Waals surface area contributed by atoms with Crippen molar-refractivity contribution in [2.75, 3.05) is 7.11 Å². The summed E-state index contributed by atoms with van der Waals surface area (Å²) in [4.78, 5) is 0. The molecule has 0 aliphatic carbocycles. The first-order chi connectivity index (χ1) is 6.24. The molecule has 0 saturated heterocycles. The third-order valence-electron chi connectivity index (χ3n) is 2.17. The molecule has 0 N–H and O–H groups in total. The largest absolute Gasteiger partial charge is 0.496 e. The summed E-state index contributed by atoms with van der Waals surface area (Å²) in [6.07, 6.45) is 2.03. The standard InChI is InChI=1S/C10H10BrNO/c1-12-6-5-7-9(13-2)4-3-8(11)10(7)12/h3-6H,1-2H3. The third-order valence-corrected chi connectivity index (χ3v) is 2.81. The van der Waals surface area contributed by atoms with E-state index in [1.165, 1.54) is 5.52 Å². The fourth-order valence-electron chi connectivity index (χ4n) is 1.52. The van der Waals surface area contributed by atoms with Gasteiger partial charge in [0.1, 0.15) is 5.75 Å². The summed E-state index contributed by atoms with van der Waals surface area (Å²) in [5.74, 6) is 0.916. The lowest BCUT2D eigenvalue weighted by atomic mass is 10.2. The lowest BCUT2D eigenvalue weighted by molar-refractivity contribution is 0.420. The molecule has 0 fully saturated rings. The van der Waals surface area contributed by atoms with Crippen molar-refractivity contribution in [1.82, 2.24) is 4.57 Å². The van der Waals surface area contributed by atoms with Gasteiger partial charge in [0.2, 0.25) is 0 Å². The van der Waals surface area contributed by atoms with Crippen molar-refractivity contribution in [3.05, 3.63) is 28.9 Å². The third kappa shape index (κ3) is 1.23. The van der Waals surface area contributed by atoms with Crippen LogP contribution in [0.2, 0.25) is 0 Å². The van der Waals surface area contributed by atoms with Crippen LogP contribution < -0.4 is 4.74 Å². The van der Waals surface area contributed by atoms with E-state index in [4.69, 9.17) is 4.74 Å². The minimum atomic E-state index is 0.916. The van der Waals surface area contributed by atoms with Gasteiger partial charge in [-0.25, -0.2) is 0 Å². The van der Waals surface area contributed by atoms with Crippen molar-refractivity contribution in [3.63, 3.8) is 0 Å². The van der Waals surface area contributed by atoms with E-state index >= 15 is 0 Å². The summed E-state index contributed by atoms with van der Waals surface area (Å²) in [7, 11) is 3.71. The maximum Gasteiger partial charge on any atom is 0.128 e. The van der Waals surface area contributed by atoms with Crippen LogP contribution >= 0.6 is 15.9 Å². The van der Waals surface area contributed by atoms with Gasteiger partial charge in [0.15, 0.2) is 0 Å². The average Bonchev–Trinajstić information content (AvgIpc) is 2.50. The first-order valence-corrected chi connectivity index (χ1v) is 4.81. The Morgan fingerprint density at radius 3 is 2.77 bits per heavy atom. The molecule has 13 heavy (non-hydrogen) atoms. The second kappa shape index (κ2) is 3.07. The van der Waals surface area contributed by atoms with E-state index in [0.717, 1.165) is 15.6 Å². The Morgan fingerprint density at radius 2 is 2.08 bits per heavy atom. The molecule has 0 atom stereocenters. The van der Waals surface area contributed by atoms with E-state index in [1.54, 1.807) is 7.11 Å². The van der Waals surface area contributed by atoms with Crippen LogP contribution in [0, 0.1) is 0 Å². The fourth-order valence-corrected chi connectivity index (χ4v) is 2.15. The van der Waals surface area contributed by atoms with E-state index < -0.39 is 0 Å². The van der Waals surface area contributed by atoms with Crippen LogP contribution in [0.1, 0.15) is 0 Å². The minimum absolute atomic E-state index is 0.916. The molecule has 2 rings (SSSR count). The summed E-state index contributed by atoms with van der Waals surface area (Å²) in [5, 5.41) is 1.14. The SMILES string of the molecule is COc1ccc(Br)c2c1ccn2C. The maximum atomic E-state index is 5.26. The molecule has 0 bridgehead atoms. The van der Waals surface area contributed by atoms with Crippen LogP contribution in [0.5, 0.6) is 5.75 Å². The second-order valence-corrected chi connectivity index (χ2v) is 3.79. The molecule has 0 saturated carbocycles. The Labute approximate surface area is 85.2 Å². The number of fused-ring (bicyclic) bond motifs is 1. The van der Waals surface area contributed by atoms with Gasteiger partial charge in [-0.05, 0) is 34.1 Å². The molecule has 1 heterocycles. The van der Waals surface area contributed by atoms with Gasteiger partial charge in [-0.2, -0.15) is 0 Å². The predicted octanol–water partition coefficient (Wildman–Crippen LogP) is 2.95. The molecule has 3 heteroatoms. The number of aromatic nitrogens is 1. The van der Waals surface area contributed by atoms with Crippen LogP contribution in [0.3, 0.4) is 0 Å². The van der Waals surface area contributed by atoms with Gasteiger partial charge in [0, 0.05) is 23.1 Å². The number of methoxy groups -OCH3 is 1. The highest BCUT2D eigenvalue weighted by atomic mass is 79.9. The molecule has 0 aliphatic rings. The van der Waals surface area contributed by atoms with Gasteiger partial charge >= 0.3 is 0 Å². The van der Waals surface area contributed by atoms with E-state index in [2.05, 4.69) is 26.6 Å². The predicted molar refractivity (Wildman–Crippen MR) is 57.2 cm³/mol. The number of nitrogens with zero attached hydrogens (tertiary/aromatic N) is 1. The van der Waals surface area contributed by atoms with Crippen molar-refractivity contribution in [2.24, 2.45) is 7.05 Å². The van der Waals surface area contributed by atoms with Crippen molar-refractivity contribution < 1.29 is 4.74 Å². The van der Waals surface area contributed by atoms with E-state index in [-0.39, 0.29) is 0 Å². The molecule has 0 unspecified atom stereocenters. The summed E-state index contributed by atoms with van der Waals surface area (Å²) in [6, 6.07) is 6.02. The number of benzene rings is 1. The van der Waals surface area contributed by atoms with Crippen LogP contribution in [-0.2, 0) is 7.05 Å². The number of rotatable bonds is 1. The van der Waals surface area contributed by atoms with Gasteiger partial charge in [0.25, 0.3) is 0 Å². The number of ether oxygens (including phenoxy) is 1. The quantitative estimate of drug-likeness (QED) is 0.747. The number of aryl methyl sites for hydroxylation is 1. The lowest BCUT2D eigenvalue weighted by Crippen LogP contribution is -1.87. The van der Waals surface area contributed by atoms with Crippen molar-refractivity contribution >= 4 is 26.8 Å². The molecule has 2 nitrogen and oxygen atoms in total. The van der Waals surface area contributed by atoms with Crippen molar-refractivity contribution in [1.29, 1.82) is 0 Å². The number of halogens is 1. The molecule has 1 aromatic carbocycles. The van der Waals surface area contributed by atoms with Crippen LogP contribution in [-0.4, -0.2) is 11.7 Å². The second-order valence-electron chi connectivity index (χ2n) is 2.94. The van der Waals surface area contributed by atoms with E-state index in [9.17, 15) is 0 Å². The molecule has 68 valence electrons. The maximum absolute atomic E-state index is 5.26. The van der Waals surface area contributed by atoms with Crippen LogP contribution in [0.15, 0.2) is 28.9 Å². The smallest absolute Gasteiger partial charge is 0.128 e. The zero-order chi connectivity index (χ0) is 9.42. The fraction of sp³-hybridized carbons (Fsp3) is 0.200. The number of hydrogen-bond acceptors (Lipinski definition) is 1. The highest BCUT2D eigenvalue weighted by molar-refractivity contribution is 9.10. The van der Waals surface area contributed by atoms with Gasteiger partial charge in [-0.15, -0.1) is 0 Å². The van der Waals surface area contributed by atoms with Gasteiger partial charge in [0.05, 0.1) is 12.6 Å². The van der Waals surface area contributed by atoms with Gasteiger partial charge in [-0.1, -0.05) is 0 Å². The van der Waals surface area contributed by atoms with Crippen LogP contribution in [0.4, 0.5) is 0 Å². The Balaban J connectivity index is 2.87. The summed E-state index contributed by atoms with van der Waals surface area (Å²) < 4.78 is 8.43. The Hall–Kier alpha value is -0.960. The molecule has 0 radical (unpaired) electrons. The van der Waals surface area contributed by atoms with Gasteiger partial charge in [-0.3, -0.25) is 0 Å². The minimum Gasteiger partial charge on any atom is -0.496 e. The van der Waals surface area contributed by atoms with Crippen LogP contribution in [0.25, 0.3) is 10.9 Å². The van der Waals surface area contributed by atoms with Gasteiger partial charge < -0.3 is 9.30 Å². The molecule has 0 spiro atoms. The van der Waals surface area contributed by atoms with E-state index in [1.807, 2.05) is 25.4 Å². The number of hydrogen-bond donors (Lipinski definition) is 0. The topological polar surface area (TPSA) is 14.2 Å².